The summed E-state index contributed by atoms with van der Waals surface area (Å²) in [6.45, 7) is 6.55. The largest absolute Gasteiger partial charge is 0.363 e. The van der Waals surface area contributed by atoms with Crippen LogP contribution in [0.1, 0.15) is 26.7 Å². The van der Waals surface area contributed by atoms with Crippen LogP contribution >= 0.6 is 11.8 Å². The normalized spacial score (nSPS) is 16.4. The highest BCUT2D eigenvalue weighted by Gasteiger charge is 2.04. The molecule has 0 aromatic rings. The highest BCUT2D eigenvalue weighted by atomic mass is 32.2. The Morgan fingerprint density at radius 2 is 2.42 bits per heavy atom. The van der Waals surface area contributed by atoms with Crippen LogP contribution in [0.15, 0.2) is 4.99 Å². The van der Waals surface area contributed by atoms with E-state index in [0.717, 1.165) is 24.2 Å². The second kappa shape index (κ2) is 5.46. The summed E-state index contributed by atoms with van der Waals surface area (Å²) < 4.78 is 0. The van der Waals surface area contributed by atoms with Crippen LogP contribution in [-0.2, 0) is 0 Å². The van der Waals surface area contributed by atoms with Crippen LogP contribution < -0.4 is 5.32 Å². The lowest BCUT2D eigenvalue weighted by Gasteiger charge is -2.04. The van der Waals surface area contributed by atoms with E-state index in [1.54, 1.807) is 0 Å². The Hall–Kier alpha value is -0.180. The zero-order chi connectivity index (χ0) is 8.81. The Labute approximate surface area is 79.2 Å². The first-order chi connectivity index (χ1) is 5.79. The third kappa shape index (κ3) is 4.00. The molecule has 0 fully saturated rings. The fraction of sp³-hybridized carbons (Fsp3) is 0.889. The lowest BCUT2D eigenvalue weighted by atomic mass is 10.1. The van der Waals surface area contributed by atoms with Crippen LogP contribution in [0, 0.1) is 5.92 Å². The number of aliphatic imine (C=N–C) groups is 1. The first-order valence-corrected chi connectivity index (χ1v) is 5.68. The maximum Gasteiger partial charge on any atom is 0.156 e. The third-order valence-corrected chi connectivity index (χ3v) is 2.85. The summed E-state index contributed by atoms with van der Waals surface area (Å²) in [7, 11) is 0. The fourth-order valence-corrected chi connectivity index (χ4v) is 2.02. The molecule has 12 heavy (non-hydrogen) atoms. The van der Waals surface area contributed by atoms with Crippen molar-refractivity contribution >= 4 is 16.9 Å². The van der Waals surface area contributed by atoms with E-state index in [9.17, 15) is 0 Å². The van der Waals surface area contributed by atoms with Crippen LogP contribution in [0.4, 0.5) is 0 Å². The summed E-state index contributed by atoms with van der Waals surface area (Å²) in [4.78, 5) is 4.32. The Bertz CT molecular complexity index is 155. The molecule has 0 saturated heterocycles. The van der Waals surface area contributed by atoms with Gasteiger partial charge in [0.15, 0.2) is 5.17 Å². The first-order valence-electron chi connectivity index (χ1n) is 4.70. The Kier molecular flexibility index (Phi) is 4.51. The summed E-state index contributed by atoms with van der Waals surface area (Å²) in [6, 6.07) is 0. The molecule has 1 aliphatic heterocycles. The van der Waals surface area contributed by atoms with Crippen molar-refractivity contribution < 1.29 is 0 Å². The van der Waals surface area contributed by atoms with Gasteiger partial charge in [-0.2, -0.15) is 0 Å². The van der Waals surface area contributed by atoms with Gasteiger partial charge in [0.1, 0.15) is 0 Å². The third-order valence-electron chi connectivity index (χ3n) is 1.81. The monoisotopic (exact) mass is 186 g/mol. The topological polar surface area (TPSA) is 24.4 Å². The van der Waals surface area contributed by atoms with Crippen LogP contribution in [-0.4, -0.2) is 24.0 Å². The average molecular weight is 186 g/mol. The zero-order valence-electron chi connectivity index (χ0n) is 7.97. The van der Waals surface area contributed by atoms with Gasteiger partial charge in [-0.15, -0.1) is 0 Å². The van der Waals surface area contributed by atoms with E-state index < -0.39 is 0 Å². The molecule has 3 heteroatoms. The molecule has 1 aliphatic rings. The van der Waals surface area contributed by atoms with Gasteiger partial charge < -0.3 is 5.32 Å². The van der Waals surface area contributed by atoms with Crippen molar-refractivity contribution in [1.82, 2.24) is 5.32 Å². The molecular weight excluding hydrogens is 168 g/mol. The summed E-state index contributed by atoms with van der Waals surface area (Å²) in [5.41, 5.74) is 0. The molecule has 1 rings (SSSR count). The minimum atomic E-state index is 0.837. The maximum atomic E-state index is 4.32. The number of hydrogen-bond acceptors (Lipinski definition) is 3. The highest BCUT2D eigenvalue weighted by Crippen LogP contribution is 2.11. The minimum Gasteiger partial charge on any atom is -0.363 e. The second-order valence-corrected chi connectivity index (χ2v) is 4.58. The number of amidine groups is 1. The van der Waals surface area contributed by atoms with Crippen molar-refractivity contribution in [2.24, 2.45) is 10.9 Å². The van der Waals surface area contributed by atoms with Crippen LogP contribution in [0.2, 0.25) is 0 Å². The molecule has 0 aliphatic carbocycles. The van der Waals surface area contributed by atoms with Gasteiger partial charge in [-0.3, -0.25) is 4.99 Å². The van der Waals surface area contributed by atoms with Crippen LogP contribution in [0.25, 0.3) is 0 Å². The molecule has 0 atom stereocenters. The van der Waals surface area contributed by atoms with E-state index in [4.69, 9.17) is 0 Å². The molecule has 70 valence electrons. The van der Waals surface area contributed by atoms with Gasteiger partial charge in [-0.1, -0.05) is 32.0 Å². The molecule has 0 bridgehead atoms. The van der Waals surface area contributed by atoms with Crippen molar-refractivity contribution in [3.63, 3.8) is 0 Å². The highest BCUT2D eigenvalue weighted by molar-refractivity contribution is 8.13. The standard InChI is InChI=1S/C9H18N2S/c1-8(2)4-3-7-12-9-10-5-6-11-9/h8H,3-7H2,1-2H3,(H,10,11). The van der Waals surface area contributed by atoms with Gasteiger partial charge in [0.05, 0.1) is 6.54 Å². The predicted octanol–water partition coefficient (Wildman–Crippen LogP) is 2.12. The van der Waals surface area contributed by atoms with Crippen molar-refractivity contribution in [2.75, 3.05) is 18.8 Å². The molecule has 0 amide bonds. The van der Waals surface area contributed by atoms with Crippen LogP contribution in [0.3, 0.4) is 0 Å². The number of thioether (sulfide) groups is 1. The van der Waals surface area contributed by atoms with Crippen molar-refractivity contribution in [1.29, 1.82) is 0 Å². The van der Waals surface area contributed by atoms with E-state index in [1.807, 2.05) is 11.8 Å². The van der Waals surface area contributed by atoms with Gasteiger partial charge in [-0.05, 0) is 12.3 Å². The summed E-state index contributed by atoms with van der Waals surface area (Å²) in [5, 5.41) is 4.41. The predicted molar refractivity (Wildman–Crippen MR) is 56.8 cm³/mol. The molecule has 1 N–H and O–H groups in total. The lowest BCUT2D eigenvalue weighted by molar-refractivity contribution is 0.579. The molecule has 2 nitrogen and oxygen atoms in total. The Balaban J connectivity index is 1.95. The molecule has 0 aromatic carbocycles. The summed E-state index contributed by atoms with van der Waals surface area (Å²) >= 11 is 1.86. The van der Waals surface area contributed by atoms with Gasteiger partial charge >= 0.3 is 0 Å². The van der Waals surface area contributed by atoms with E-state index in [0.29, 0.717) is 0 Å². The summed E-state index contributed by atoms with van der Waals surface area (Å²) in [6.07, 6.45) is 2.64. The average Bonchev–Trinajstić information content (AvgIpc) is 2.49. The Morgan fingerprint density at radius 3 is 3.00 bits per heavy atom. The van der Waals surface area contributed by atoms with Crippen molar-refractivity contribution in [3.05, 3.63) is 0 Å². The molecule has 1 heterocycles. The lowest BCUT2D eigenvalue weighted by Crippen LogP contribution is -2.15. The van der Waals surface area contributed by atoms with E-state index in [2.05, 4.69) is 24.2 Å². The second-order valence-electron chi connectivity index (χ2n) is 3.50. The van der Waals surface area contributed by atoms with Gasteiger partial charge in [0, 0.05) is 12.3 Å². The zero-order valence-corrected chi connectivity index (χ0v) is 8.78. The quantitative estimate of drug-likeness (QED) is 0.680. The van der Waals surface area contributed by atoms with Crippen molar-refractivity contribution in [2.45, 2.75) is 26.7 Å². The summed E-state index contributed by atoms with van der Waals surface area (Å²) in [5.74, 6) is 2.05. The number of rotatable bonds is 4. The molecule has 0 aromatic heterocycles. The van der Waals surface area contributed by atoms with Gasteiger partial charge in [0.2, 0.25) is 0 Å². The van der Waals surface area contributed by atoms with Crippen LogP contribution in [0.5, 0.6) is 0 Å². The van der Waals surface area contributed by atoms with Crippen molar-refractivity contribution in [3.8, 4) is 0 Å². The molecular formula is C9H18N2S. The smallest absolute Gasteiger partial charge is 0.156 e. The molecule has 0 spiro atoms. The molecule has 0 unspecified atom stereocenters. The number of hydrogen-bond donors (Lipinski definition) is 1. The fourth-order valence-electron chi connectivity index (χ4n) is 1.13. The number of nitrogens with one attached hydrogen (secondary N) is 1. The van der Waals surface area contributed by atoms with E-state index >= 15 is 0 Å². The van der Waals surface area contributed by atoms with Gasteiger partial charge in [0.25, 0.3) is 0 Å². The van der Waals surface area contributed by atoms with Gasteiger partial charge in [-0.25, -0.2) is 0 Å². The maximum absolute atomic E-state index is 4.32. The minimum absolute atomic E-state index is 0.837. The number of nitrogens with zero attached hydrogens (tertiary/aromatic N) is 1. The molecule has 0 radical (unpaired) electrons. The van der Waals surface area contributed by atoms with E-state index in [-0.39, 0.29) is 0 Å². The van der Waals surface area contributed by atoms with E-state index in [1.165, 1.54) is 18.6 Å². The Morgan fingerprint density at radius 1 is 1.58 bits per heavy atom. The SMILES string of the molecule is CC(C)CCCSC1=NCCN1. The first kappa shape index (κ1) is 9.90. The molecule has 0 saturated carbocycles.